The van der Waals surface area contributed by atoms with E-state index in [-0.39, 0.29) is 0 Å². The van der Waals surface area contributed by atoms with Crippen LogP contribution in [0.15, 0.2) is 188 Å². The predicted octanol–water partition coefficient (Wildman–Crippen LogP) is 11.5. The zero-order valence-electron chi connectivity index (χ0n) is 26.2. The summed E-state index contributed by atoms with van der Waals surface area (Å²) in [5.41, 5.74) is 14.0. The minimum absolute atomic E-state index is 0.686. The summed E-state index contributed by atoms with van der Waals surface area (Å²) in [7, 11) is 0. The third kappa shape index (κ3) is 5.93. The summed E-state index contributed by atoms with van der Waals surface area (Å²) in [6, 6.07) is 61.6. The Kier molecular flexibility index (Phi) is 7.92. The number of hydrogen-bond donors (Lipinski definition) is 0. The fourth-order valence-electron chi connectivity index (χ4n) is 6.26. The van der Waals surface area contributed by atoms with Crippen molar-refractivity contribution in [2.24, 2.45) is 0 Å². The van der Waals surface area contributed by atoms with E-state index in [1.807, 2.05) is 30.3 Å². The molecule has 0 unspecified atom stereocenters. The molecule has 2 aromatic heterocycles. The molecule has 226 valence electrons. The summed E-state index contributed by atoms with van der Waals surface area (Å²) in [6.07, 6.45) is 3.60. The van der Waals surface area contributed by atoms with E-state index in [4.69, 9.17) is 9.97 Å². The van der Waals surface area contributed by atoms with Crippen molar-refractivity contribution in [3.63, 3.8) is 0 Å². The van der Waals surface area contributed by atoms with Gasteiger partial charge in [0.05, 0.1) is 11.4 Å². The smallest absolute Gasteiger partial charge is 0.160 e. The van der Waals surface area contributed by atoms with Crippen molar-refractivity contribution in [2.45, 2.75) is 0 Å². The molecule has 3 heteroatoms. The normalized spacial score (nSPS) is 10.9. The van der Waals surface area contributed by atoms with Crippen molar-refractivity contribution in [1.29, 1.82) is 0 Å². The van der Waals surface area contributed by atoms with Gasteiger partial charge in [-0.3, -0.25) is 4.98 Å². The Bertz CT molecular complexity index is 2030. The molecule has 0 aliphatic carbocycles. The molecule has 6 aromatic carbocycles. The Morgan fingerprint density at radius 1 is 0.271 bits per heavy atom. The monoisotopic (exact) mass is 613 g/mol. The van der Waals surface area contributed by atoms with Gasteiger partial charge in [0.2, 0.25) is 0 Å². The maximum atomic E-state index is 5.17. The summed E-state index contributed by atoms with van der Waals surface area (Å²) in [5, 5.41) is 0. The first-order valence-corrected chi connectivity index (χ1v) is 16.1. The van der Waals surface area contributed by atoms with Gasteiger partial charge in [0.1, 0.15) is 0 Å². The van der Waals surface area contributed by atoms with Crippen molar-refractivity contribution in [2.75, 3.05) is 0 Å². The molecular formula is C45H31N3. The van der Waals surface area contributed by atoms with E-state index >= 15 is 0 Å². The molecule has 0 atom stereocenters. The fraction of sp³-hybridized carbons (Fsp3) is 0. The first kappa shape index (κ1) is 29.0. The number of benzene rings is 6. The third-order valence-corrected chi connectivity index (χ3v) is 8.61. The second kappa shape index (κ2) is 13.1. The summed E-state index contributed by atoms with van der Waals surface area (Å²) in [4.78, 5) is 14.4. The minimum Gasteiger partial charge on any atom is -0.265 e. The lowest BCUT2D eigenvalue weighted by atomic mass is 9.88. The lowest BCUT2D eigenvalue weighted by Gasteiger charge is -2.17. The van der Waals surface area contributed by atoms with Gasteiger partial charge in [-0.2, -0.15) is 0 Å². The Morgan fingerprint density at radius 3 is 1.29 bits per heavy atom. The zero-order valence-corrected chi connectivity index (χ0v) is 26.2. The molecule has 2 heterocycles. The van der Waals surface area contributed by atoms with E-state index in [1.165, 1.54) is 22.3 Å². The first-order chi connectivity index (χ1) is 23.8. The quantitative estimate of drug-likeness (QED) is 0.179. The maximum Gasteiger partial charge on any atom is 0.160 e. The minimum atomic E-state index is 0.686. The number of rotatable bonds is 7. The highest BCUT2D eigenvalue weighted by atomic mass is 14.9. The zero-order chi connectivity index (χ0) is 32.1. The van der Waals surface area contributed by atoms with Gasteiger partial charge in [0, 0.05) is 29.1 Å². The summed E-state index contributed by atoms with van der Waals surface area (Å²) in [6.45, 7) is 0. The van der Waals surface area contributed by atoms with Gasteiger partial charge in [-0.05, 0) is 80.9 Å². The highest BCUT2D eigenvalue weighted by Gasteiger charge is 2.17. The molecule has 0 radical (unpaired) electrons. The van der Waals surface area contributed by atoms with Crippen LogP contribution in [0.2, 0.25) is 0 Å². The highest BCUT2D eigenvalue weighted by Crippen LogP contribution is 2.41. The van der Waals surface area contributed by atoms with Gasteiger partial charge < -0.3 is 0 Å². The van der Waals surface area contributed by atoms with Crippen molar-refractivity contribution in [1.82, 2.24) is 15.0 Å². The van der Waals surface area contributed by atoms with Gasteiger partial charge in [-0.15, -0.1) is 0 Å². The van der Waals surface area contributed by atoms with Crippen LogP contribution in [0.3, 0.4) is 0 Å². The van der Waals surface area contributed by atoms with Crippen LogP contribution in [0.25, 0.3) is 78.4 Å². The molecule has 0 amide bonds. The van der Waals surface area contributed by atoms with Crippen LogP contribution < -0.4 is 0 Å². The summed E-state index contributed by atoms with van der Waals surface area (Å²) < 4.78 is 0. The molecule has 48 heavy (non-hydrogen) atoms. The predicted molar refractivity (Wildman–Crippen MR) is 198 cm³/mol. The van der Waals surface area contributed by atoms with Crippen LogP contribution >= 0.6 is 0 Å². The molecule has 0 aliphatic heterocycles. The number of nitrogens with zero attached hydrogens (tertiary/aromatic N) is 3. The number of aromatic nitrogens is 3. The third-order valence-electron chi connectivity index (χ3n) is 8.61. The fourth-order valence-corrected chi connectivity index (χ4v) is 6.26. The van der Waals surface area contributed by atoms with Gasteiger partial charge in [-0.1, -0.05) is 140 Å². The molecule has 0 bridgehead atoms. The molecule has 8 rings (SSSR count). The van der Waals surface area contributed by atoms with Crippen molar-refractivity contribution >= 4 is 0 Å². The maximum absolute atomic E-state index is 5.17. The van der Waals surface area contributed by atoms with E-state index in [9.17, 15) is 0 Å². The molecule has 0 spiro atoms. The highest BCUT2D eigenvalue weighted by molar-refractivity contribution is 5.93. The van der Waals surface area contributed by atoms with E-state index in [2.05, 4.69) is 151 Å². The number of pyridine rings is 1. The van der Waals surface area contributed by atoms with E-state index < -0.39 is 0 Å². The molecule has 0 saturated heterocycles. The van der Waals surface area contributed by atoms with Crippen LogP contribution in [0.1, 0.15) is 0 Å². The lowest BCUT2D eigenvalue weighted by Crippen LogP contribution is -1.97. The molecule has 0 fully saturated rings. The average molecular weight is 614 g/mol. The summed E-state index contributed by atoms with van der Waals surface area (Å²) >= 11 is 0. The molecule has 0 aliphatic rings. The van der Waals surface area contributed by atoms with Crippen molar-refractivity contribution < 1.29 is 0 Å². The van der Waals surface area contributed by atoms with Crippen molar-refractivity contribution in [3.05, 3.63) is 188 Å². The van der Waals surface area contributed by atoms with Gasteiger partial charge in [-0.25, -0.2) is 9.97 Å². The standard InChI is InChI=1S/C45H31N3/c1-4-14-32(15-5-1)36-28-37(33-16-6-2-7-17-33)30-38(29-36)39-20-10-11-21-40(39)41-22-12-13-23-42(41)44-31-43(34-24-26-46-27-25-34)47-45(48-44)35-18-8-3-9-19-35/h1-31H. The van der Waals surface area contributed by atoms with Crippen LogP contribution in [0.4, 0.5) is 0 Å². The molecule has 0 saturated carbocycles. The first-order valence-electron chi connectivity index (χ1n) is 16.1. The second-order valence-electron chi connectivity index (χ2n) is 11.7. The van der Waals surface area contributed by atoms with E-state index in [0.29, 0.717) is 5.82 Å². The van der Waals surface area contributed by atoms with Crippen LogP contribution in [-0.2, 0) is 0 Å². The Balaban J connectivity index is 1.32. The lowest BCUT2D eigenvalue weighted by molar-refractivity contribution is 1.18. The Hall–Kier alpha value is -6.45. The van der Waals surface area contributed by atoms with Crippen LogP contribution in [-0.4, -0.2) is 15.0 Å². The molecule has 3 nitrogen and oxygen atoms in total. The van der Waals surface area contributed by atoms with Crippen LogP contribution in [0.5, 0.6) is 0 Å². The molecular weight excluding hydrogens is 583 g/mol. The van der Waals surface area contributed by atoms with Gasteiger partial charge in [0.15, 0.2) is 5.82 Å². The molecule has 0 N–H and O–H groups in total. The molecule has 8 aromatic rings. The van der Waals surface area contributed by atoms with Gasteiger partial charge >= 0.3 is 0 Å². The topological polar surface area (TPSA) is 38.7 Å². The summed E-state index contributed by atoms with van der Waals surface area (Å²) in [5.74, 6) is 0.686. The van der Waals surface area contributed by atoms with Crippen molar-refractivity contribution in [3.8, 4) is 78.4 Å². The van der Waals surface area contributed by atoms with E-state index in [1.54, 1.807) is 12.4 Å². The second-order valence-corrected chi connectivity index (χ2v) is 11.7. The SMILES string of the molecule is c1ccc(-c2cc(-c3ccccc3)cc(-c3ccccc3-c3ccccc3-c3cc(-c4ccncc4)nc(-c4ccccc4)n3)c2)cc1. The Morgan fingerprint density at radius 2 is 0.708 bits per heavy atom. The largest absolute Gasteiger partial charge is 0.265 e. The average Bonchev–Trinajstić information content (AvgIpc) is 3.19. The number of hydrogen-bond acceptors (Lipinski definition) is 3. The van der Waals surface area contributed by atoms with E-state index in [0.717, 1.165) is 50.3 Å². The van der Waals surface area contributed by atoms with Crippen LogP contribution in [0, 0.1) is 0 Å². The Labute approximate surface area is 280 Å². The van der Waals surface area contributed by atoms with Gasteiger partial charge in [0.25, 0.3) is 0 Å².